The van der Waals surface area contributed by atoms with E-state index < -0.39 is 0 Å². The van der Waals surface area contributed by atoms with E-state index in [1.54, 1.807) is 0 Å². The van der Waals surface area contributed by atoms with Gasteiger partial charge in [0.2, 0.25) is 0 Å². The minimum absolute atomic E-state index is 0.342. The third-order valence-corrected chi connectivity index (χ3v) is 2.90. The molecule has 3 nitrogen and oxygen atoms in total. The molecule has 2 rings (SSSR count). The van der Waals surface area contributed by atoms with E-state index in [0.717, 1.165) is 30.6 Å². The minimum atomic E-state index is -0.342. The highest BCUT2D eigenvalue weighted by Crippen LogP contribution is 2.16. The van der Waals surface area contributed by atoms with E-state index in [2.05, 4.69) is 9.55 Å². The number of aromatic nitrogens is 2. The van der Waals surface area contributed by atoms with E-state index in [9.17, 15) is 5.11 Å². The van der Waals surface area contributed by atoms with Crippen LogP contribution in [-0.4, -0.2) is 14.7 Å². The van der Waals surface area contributed by atoms with Crippen LogP contribution in [0.5, 0.6) is 0 Å². The van der Waals surface area contributed by atoms with Gasteiger partial charge in [-0.05, 0) is 30.2 Å². The normalized spacial score (nSPS) is 12.6. The van der Waals surface area contributed by atoms with Crippen molar-refractivity contribution in [3.05, 3.63) is 54.1 Å². The van der Waals surface area contributed by atoms with Gasteiger partial charge in [0, 0.05) is 37.3 Å². The number of pyridine rings is 1. The fourth-order valence-corrected chi connectivity index (χ4v) is 1.82. The fraction of sp³-hybridized carbons (Fsp3) is 0.357. The first-order valence-electron chi connectivity index (χ1n) is 6.03. The topological polar surface area (TPSA) is 38.0 Å². The quantitative estimate of drug-likeness (QED) is 0.857. The summed E-state index contributed by atoms with van der Waals surface area (Å²) in [6.45, 7) is 2.88. The number of rotatable bonds is 5. The Kier molecular flexibility index (Phi) is 3.94. The molecule has 0 aromatic carbocycles. The number of hydrogen-bond acceptors (Lipinski definition) is 2. The van der Waals surface area contributed by atoms with Crippen LogP contribution in [0.1, 0.15) is 30.7 Å². The van der Waals surface area contributed by atoms with Crippen LogP contribution in [-0.2, 0) is 13.0 Å². The second-order valence-electron chi connectivity index (χ2n) is 4.18. The van der Waals surface area contributed by atoms with Gasteiger partial charge in [0.25, 0.3) is 0 Å². The van der Waals surface area contributed by atoms with Crippen LogP contribution in [0.3, 0.4) is 0 Å². The van der Waals surface area contributed by atoms with E-state index in [1.165, 1.54) is 0 Å². The lowest BCUT2D eigenvalue weighted by atomic mass is 10.1. The summed E-state index contributed by atoms with van der Waals surface area (Å²) in [6.07, 6.45) is 7.17. The van der Waals surface area contributed by atoms with Crippen molar-refractivity contribution >= 4 is 0 Å². The van der Waals surface area contributed by atoms with Gasteiger partial charge in [-0.3, -0.25) is 4.98 Å². The molecule has 0 aliphatic rings. The monoisotopic (exact) mass is 230 g/mol. The summed E-state index contributed by atoms with van der Waals surface area (Å²) < 4.78 is 2.10. The predicted molar refractivity (Wildman–Crippen MR) is 67.6 cm³/mol. The van der Waals surface area contributed by atoms with Gasteiger partial charge >= 0.3 is 0 Å². The lowest BCUT2D eigenvalue weighted by molar-refractivity contribution is 0.173. The number of aryl methyl sites for hydroxylation is 2. The largest absolute Gasteiger partial charge is 0.388 e. The first-order chi connectivity index (χ1) is 8.29. The highest BCUT2D eigenvalue weighted by Gasteiger charge is 2.06. The van der Waals surface area contributed by atoms with Crippen LogP contribution in [0.15, 0.2) is 42.9 Å². The third kappa shape index (κ3) is 3.17. The van der Waals surface area contributed by atoms with Gasteiger partial charge in [-0.25, -0.2) is 0 Å². The highest BCUT2D eigenvalue weighted by molar-refractivity contribution is 5.13. The van der Waals surface area contributed by atoms with Crippen molar-refractivity contribution in [1.82, 2.24) is 9.55 Å². The smallest absolute Gasteiger partial charge is 0.0802 e. The Morgan fingerprint density at radius 3 is 2.94 bits per heavy atom. The van der Waals surface area contributed by atoms with E-state index in [0.29, 0.717) is 0 Å². The van der Waals surface area contributed by atoms with Crippen molar-refractivity contribution in [2.45, 2.75) is 32.4 Å². The molecule has 0 amide bonds. The fourth-order valence-electron chi connectivity index (χ4n) is 1.82. The molecule has 0 aliphatic heterocycles. The zero-order chi connectivity index (χ0) is 12.1. The Hall–Kier alpha value is -1.61. The lowest BCUT2D eigenvalue weighted by Crippen LogP contribution is -2.00. The molecule has 1 N–H and O–H groups in total. The maximum atomic E-state index is 9.70. The van der Waals surface area contributed by atoms with Crippen molar-refractivity contribution < 1.29 is 5.11 Å². The Balaban J connectivity index is 1.94. The molecular formula is C14H18N2O. The average Bonchev–Trinajstić information content (AvgIpc) is 2.85. The van der Waals surface area contributed by atoms with Gasteiger partial charge in [0.1, 0.15) is 0 Å². The van der Waals surface area contributed by atoms with Gasteiger partial charge in [-0.1, -0.05) is 13.0 Å². The van der Waals surface area contributed by atoms with Gasteiger partial charge in [-0.15, -0.1) is 0 Å². The summed E-state index contributed by atoms with van der Waals surface area (Å²) in [6, 6.07) is 7.94. The molecule has 90 valence electrons. The summed E-state index contributed by atoms with van der Waals surface area (Å²) >= 11 is 0. The second-order valence-corrected chi connectivity index (χ2v) is 4.18. The first-order valence-corrected chi connectivity index (χ1v) is 6.03. The zero-order valence-corrected chi connectivity index (χ0v) is 10.1. The van der Waals surface area contributed by atoms with E-state index in [1.807, 2.05) is 49.8 Å². The average molecular weight is 230 g/mol. The number of hydrogen-bond donors (Lipinski definition) is 1. The molecule has 1 atom stereocenters. The van der Waals surface area contributed by atoms with Crippen molar-refractivity contribution in [3.63, 3.8) is 0 Å². The molecule has 2 aromatic heterocycles. The molecule has 0 radical (unpaired) electrons. The Bertz CT molecular complexity index is 450. The molecule has 3 heteroatoms. The molecule has 1 unspecified atom stereocenters. The maximum Gasteiger partial charge on any atom is 0.0802 e. The van der Waals surface area contributed by atoms with Crippen molar-refractivity contribution in [2.75, 3.05) is 0 Å². The Labute approximate surface area is 102 Å². The molecule has 0 saturated heterocycles. The van der Waals surface area contributed by atoms with Gasteiger partial charge in [-0.2, -0.15) is 0 Å². The van der Waals surface area contributed by atoms with E-state index in [-0.39, 0.29) is 6.10 Å². The molecule has 17 heavy (non-hydrogen) atoms. The second kappa shape index (κ2) is 5.64. The molecule has 0 bridgehead atoms. The predicted octanol–water partition coefficient (Wildman–Crippen LogP) is 2.57. The first kappa shape index (κ1) is 11.9. The highest BCUT2D eigenvalue weighted by atomic mass is 16.3. The standard InChI is InChI=1S/C14H18N2O/c1-2-14(17)12-6-9-16(11-12)10-7-13-5-3-4-8-15-13/h3-6,8-9,11,14,17H,2,7,10H2,1H3. The van der Waals surface area contributed by atoms with Crippen LogP contribution in [0.25, 0.3) is 0 Å². The summed E-state index contributed by atoms with van der Waals surface area (Å²) in [7, 11) is 0. The van der Waals surface area contributed by atoms with Crippen LogP contribution < -0.4 is 0 Å². The number of aliphatic hydroxyl groups excluding tert-OH is 1. The maximum absolute atomic E-state index is 9.70. The molecule has 2 aromatic rings. The molecule has 2 heterocycles. The van der Waals surface area contributed by atoms with Gasteiger partial charge in [0.15, 0.2) is 0 Å². The van der Waals surface area contributed by atoms with Crippen molar-refractivity contribution in [2.24, 2.45) is 0 Å². The van der Waals surface area contributed by atoms with Crippen LogP contribution in [0, 0.1) is 0 Å². The van der Waals surface area contributed by atoms with E-state index in [4.69, 9.17) is 0 Å². The molecule has 0 saturated carbocycles. The Morgan fingerprint density at radius 1 is 1.35 bits per heavy atom. The number of nitrogens with zero attached hydrogens (tertiary/aromatic N) is 2. The van der Waals surface area contributed by atoms with Crippen molar-refractivity contribution in [1.29, 1.82) is 0 Å². The van der Waals surface area contributed by atoms with Crippen LogP contribution in [0.2, 0.25) is 0 Å². The zero-order valence-electron chi connectivity index (χ0n) is 10.1. The van der Waals surface area contributed by atoms with Crippen LogP contribution in [0.4, 0.5) is 0 Å². The third-order valence-electron chi connectivity index (χ3n) is 2.90. The molecule has 0 fully saturated rings. The minimum Gasteiger partial charge on any atom is -0.388 e. The van der Waals surface area contributed by atoms with Crippen LogP contribution >= 0.6 is 0 Å². The molecule has 0 aliphatic carbocycles. The molecular weight excluding hydrogens is 212 g/mol. The summed E-state index contributed by atoms with van der Waals surface area (Å²) in [5.41, 5.74) is 2.09. The van der Waals surface area contributed by atoms with Gasteiger partial charge < -0.3 is 9.67 Å². The molecule has 0 spiro atoms. The summed E-state index contributed by atoms with van der Waals surface area (Å²) in [5, 5.41) is 9.70. The number of aliphatic hydroxyl groups is 1. The SMILES string of the molecule is CCC(O)c1ccn(CCc2ccccn2)c1. The summed E-state index contributed by atoms with van der Waals surface area (Å²) in [4.78, 5) is 4.29. The lowest BCUT2D eigenvalue weighted by Gasteiger charge is -2.05. The summed E-state index contributed by atoms with van der Waals surface area (Å²) in [5.74, 6) is 0. The van der Waals surface area contributed by atoms with Crippen molar-refractivity contribution in [3.8, 4) is 0 Å². The van der Waals surface area contributed by atoms with Gasteiger partial charge in [0.05, 0.1) is 6.10 Å². The van der Waals surface area contributed by atoms with E-state index >= 15 is 0 Å². The Morgan fingerprint density at radius 2 is 2.24 bits per heavy atom.